The van der Waals surface area contributed by atoms with E-state index in [0.717, 1.165) is 36.8 Å². The van der Waals surface area contributed by atoms with Crippen molar-refractivity contribution in [2.75, 3.05) is 0 Å². The molecule has 0 radical (unpaired) electrons. The molecule has 164 valence electrons. The third-order valence-electron chi connectivity index (χ3n) is 5.98. The zero-order chi connectivity index (χ0) is 22.1. The van der Waals surface area contributed by atoms with Crippen molar-refractivity contribution in [3.63, 3.8) is 0 Å². The van der Waals surface area contributed by atoms with Gasteiger partial charge in [-0.25, -0.2) is 8.42 Å². The van der Waals surface area contributed by atoms with Crippen molar-refractivity contribution < 1.29 is 13.2 Å². The highest BCUT2D eigenvalue weighted by Crippen LogP contribution is 2.36. The zero-order valence-corrected chi connectivity index (χ0v) is 18.6. The molecule has 0 saturated heterocycles. The number of hydrogen-bond donors (Lipinski definition) is 1. The number of carbonyl (C=O) groups is 1. The van der Waals surface area contributed by atoms with Crippen LogP contribution in [0.5, 0.6) is 0 Å². The third kappa shape index (κ3) is 4.47. The number of sulfonamides is 1. The van der Waals surface area contributed by atoms with E-state index >= 15 is 0 Å². The lowest BCUT2D eigenvalue weighted by molar-refractivity contribution is 0.0951. The van der Waals surface area contributed by atoms with Gasteiger partial charge in [0.2, 0.25) is 10.0 Å². The monoisotopic (exact) mass is 446 g/mol. The molecule has 5 rings (SSSR count). The molecular formula is C26H26N2O3S. The second-order valence-corrected chi connectivity index (χ2v) is 10.4. The van der Waals surface area contributed by atoms with Crippen LogP contribution >= 0.6 is 0 Å². The average Bonchev–Trinajstić information content (AvgIpc) is 3.74. The van der Waals surface area contributed by atoms with Crippen LogP contribution in [0.4, 0.5) is 0 Å². The fourth-order valence-electron chi connectivity index (χ4n) is 3.88. The van der Waals surface area contributed by atoms with Crippen LogP contribution in [0.3, 0.4) is 0 Å². The van der Waals surface area contributed by atoms with Crippen molar-refractivity contribution in [2.24, 2.45) is 0 Å². The summed E-state index contributed by atoms with van der Waals surface area (Å²) in [5.41, 5.74) is 3.08. The van der Waals surface area contributed by atoms with Crippen LogP contribution in [0, 0.1) is 0 Å². The summed E-state index contributed by atoms with van der Waals surface area (Å²) >= 11 is 0. The second kappa shape index (κ2) is 8.52. The predicted octanol–water partition coefficient (Wildman–Crippen LogP) is 4.60. The highest BCUT2D eigenvalue weighted by Gasteiger charge is 2.39. The molecule has 6 heteroatoms. The van der Waals surface area contributed by atoms with E-state index in [2.05, 4.69) is 5.32 Å². The lowest BCUT2D eigenvalue weighted by Crippen LogP contribution is -2.33. The Kier molecular flexibility index (Phi) is 5.57. The lowest BCUT2D eigenvalue weighted by atomic mass is 10.1. The van der Waals surface area contributed by atoms with Gasteiger partial charge in [-0.3, -0.25) is 4.79 Å². The Bertz CT molecular complexity index is 1220. The van der Waals surface area contributed by atoms with E-state index in [1.807, 2.05) is 54.6 Å². The van der Waals surface area contributed by atoms with E-state index in [1.54, 1.807) is 28.6 Å². The largest absolute Gasteiger partial charge is 0.349 e. The molecule has 0 unspecified atom stereocenters. The summed E-state index contributed by atoms with van der Waals surface area (Å²) in [6, 6.07) is 24.4. The van der Waals surface area contributed by atoms with Gasteiger partial charge < -0.3 is 5.32 Å². The molecule has 1 amide bonds. The minimum atomic E-state index is -3.69. The Balaban J connectivity index is 1.42. The molecule has 0 heterocycles. The molecule has 2 fully saturated rings. The molecule has 0 aromatic heterocycles. The van der Waals surface area contributed by atoms with Crippen LogP contribution in [0.1, 0.15) is 41.6 Å². The fourth-order valence-corrected chi connectivity index (χ4v) is 5.77. The second-order valence-electron chi connectivity index (χ2n) is 8.59. The van der Waals surface area contributed by atoms with Crippen molar-refractivity contribution >= 4 is 15.9 Å². The van der Waals surface area contributed by atoms with Crippen molar-refractivity contribution in [1.29, 1.82) is 0 Å². The van der Waals surface area contributed by atoms with Crippen LogP contribution in [0.2, 0.25) is 0 Å². The molecule has 2 saturated carbocycles. The summed E-state index contributed by atoms with van der Waals surface area (Å²) in [6.07, 6.45) is 3.83. The van der Waals surface area contributed by atoms with E-state index in [0.29, 0.717) is 28.6 Å². The molecule has 2 aliphatic rings. The summed E-state index contributed by atoms with van der Waals surface area (Å²) < 4.78 is 29.2. The predicted molar refractivity (Wildman–Crippen MR) is 125 cm³/mol. The summed E-state index contributed by atoms with van der Waals surface area (Å²) in [7, 11) is -3.69. The fraction of sp³-hybridized carbons (Fsp3) is 0.269. The van der Waals surface area contributed by atoms with Crippen LogP contribution in [0.15, 0.2) is 83.8 Å². The number of nitrogens with zero attached hydrogens (tertiary/aromatic N) is 1. The molecule has 5 nitrogen and oxygen atoms in total. The number of nitrogens with one attached hydrogen (secondary N) is 1. The van der Waals surface area contributed by atoms with E-state index in [-0.39, 0.29) is 11.9 Å². The van der Waals surface area contributed by atoms with Gasteiger partial charge in [-0.05, 0) is 55.0 Å². The van der Waals surface area contributed by atoms with E-state index < -0.39 is 10.0 Å². The van der Waals surface area contributed by atoms with Gasteiger partial charge in [0.05, 0.1) is 4.90 Å². The smallest absolute Gasteiger partial charge is 0.251 e. The molecule has 3 aromatic rings. The van der Waals surface area contributed by atoms with Crippen LogP contribution < -0.4 is 5.32 Å². The van der Waals surface area contributed by atoms with Gasteiger partial charge in [0, 0.05) is 29.8 Å². The van der Waals surface area contributed by atoms with E-state index in [1.165, 1.54) is 0 Å². The third-order valence-corrected chi connectivity index (χ3v) is 7.94. The van der Waals surface area contributed by atoms with Gasteiger partial charge in [0.25, 0.3) is 5.91 Å². The minimum Gasteiger partial charge on any atom is -0.349 e. The van der Waals surface area contributed by atoms with E-state index in [4.69, 9.17) is 0 Å². The molecule has 32 heavy (non-hydrogen) atoms. The number of rotatable bonds is 8. The van der Waals surface area contributed by atoms with Crippen molar-refractivity contribution in [2.45, 2.75) is 49.2 Å². The van der Waals surface area contributed by atoms with Gasteiger partial charge in [-0.2, -0.15) is 4.31 Å². The van der Waals surface area contributed by atoms with Gasteiger partial charge in [-0.15, -0.1) is 0 Å². The van der Waals surface area contributed by atoms with Crippen molar-refractivity contribution in [3.8, 4) is 11.1 Å². The van der Waals surface area contributed by atoms with Gasteiger partial charge >= 0.3 is 0 Å². The van der Waals surface area contributed by atoms with Crippen molar-refractivity contribution in [3.05, 3.63) is 90.0 Å². The quantitative estimate of drug-likeness (QED) is 0.550. The van der Waals surface area contributed by atoms with Crippen LogP contribution in [-0.2, 0) is 16.6 Å². The molecular weight excluding hydrogens is 420 g/mol. The highest BCUT2D eigenvalue weighted by atomic mass is 32.2. The molecule has 3 aromatic carbocycles. The first kappa shape index (κ1) is 20.9. The SMILES string of the molecule is O=C(NC1CC1)c1ccc(CN(C2CC2)S(=O)(=O)c2ccccc2-c2ccccc2)cc1. The Morgan fingerprint density at radius 1 is 0.844 bits per heavy atom. The van der Waals surface area contributed by atoms with E-state index in [9.17, 15) is 13.2 Å². The maximum atomic E-state index is 13.8. The normalized spacial score (nSPS) is 16.2. The molecule has 2 aliphatic carbocycles. The summed E-state index contributed by atoms with van der Waals surface area (Å²) in [5, 5.41) is 2.98. The average molecular weight is 447 g/mol. The number of benzene rings is 3. The number of carbonyl (C=O) groups excluding carboxylic acids is 1. The molecule has 0 aliphatic heterocycles. The molecule has 0 atom stereocenters. The maximum absolute atomic E-state index is 13.8. The zero-order valence-electron chi connectivity index (χ0n) is 17.8. The minimum absolute atomic E-state index is 0.0154. The lowest BCUT2D eigenvalue weighted by Gasteiger charge is -2.24. The topological polar surface area (TPSA) is 66.5 Å². The Morgan fingerprint density at radius 2 is 1.50 bits per heavy atom. The molecule has 0 spiro atoms. The molecule has 0 bridgehead atoms. The van der Waals surface area contributed by atoms with Gasteiger partial charge in [0.1, 0.15) is 0 Å². The molecule has 1 N–H and O–H groups in total. The maximum Gasteiger partial charge on any atom is 0.251 e. The number of hydrogen-bond acceptors (Lipinski definition) is 3. The van der Waals surface area contributed by atoms with Gasteiger partial charge in [0.15, 0.2) is 0 Å². The highest BCUT2D eigenvalue weighted by molar-refractivity contribution is 7.89. The standard InChI is InChI=1S/C26H26N2O3S/c29-26(27-22-14-15-22)21-12-10-19(11-13-21)18-28(23-16-17-23)32(30,31)25-9-5-4-8-24(25)20-6-2-1-3-7-20/h1-13,22-23H,14-18H2,(H,27,29). The Labute approximate surface area is 189 Å². The first-order valence-corrected chi connectivity index (χ1v) is 12.5. The van der Waals surface area contributed by atoms with Gasteiger partial charge in [-0.1, -0.05) is 60.7 Å². The Hall–Kier alpha value is -2.96. The summed E-state index contributed by atoms with van der Waals surface area (Å²) in [4.78, 5) is 12.6. The summed E-state index contributed by atoms with van der Waals surface area (Å²) in [5.74, 6) is -0.0671. The Morgan fingerprint density at radius 3 is 2.16 bits per heavy atom. The first-order chi connectivity index (χ1) is 15.5. The number of amides is 1. The van der Waals surface area contributed by atoms with Crippen LogP contribution in [-0.4, -0.2) is 30.7 Å². The summed E-state index contributed by atoms with van der Waals surface area (Å²) in [6.45, 7) is 0.292. The van der Waals surface area contributed by atoms with Crippen LogP contribution in [0.25, 0.3) is 11.1 Å². The van der Waals surface area contributed by atoms with Crippen molar-refractivity contribution in [1.82, 2.24) is 9.62 Å². The first-order valence-electron chi connectivity index (χ1n) is 11.1.